The number of benzene rings is 1. The van der Waals surface area contributed by atoms with Gasteiger partial charge < -0.3 is 15.7 Å². The van der Waals surface area contributed by atoms with Crippen LogP contribution in [0.2, 0.25) is 0 Å². The fourth-order valence-corrected chi connectivity index (χ4v) is 2.46. The Bertz CT molecular complexity index is 669. The van der Waals surface area contributed by atoms with Gasteiger partial charge in [-0.2, -0.15) is 5.10 Å². The molecule has 4 N–H and O–H groups in total. The van der Waals surface area contributed by atoms with Crippen molar-refractivity contribution in [3.63, 3.8) is 0 Å². The van der Waals surface area contributed by atoms with Crippen LogP contribution < -0.4 is 10.6 Å². The number of hydrogen-bond acceptors (Lipinski definition) is 4. The summed E-state index contributed by atoms with van der Waals surface area (Å²) in [6, 6.07) is 7.20. The van der Waals surface area contributed by atoms with Crippen molar-refractivity contribution in [1.29, 1.82) is 0 Å². The molecule has 1 atom stereocenters. The van der Waals surface area contributed by atoms with Crippen LogP contribution in [0.25, 0.3) is 11.4 Å². The van der Waals surface area contributed by atoms with Crippen LogP contribution in [0.5, 0.6) is 0 Å². The number of aromatic amines is 1. The number of hydrogen-bond donors (Lipinski definition) is 4. The Labute approximate surface area is 141 Å². The second kappa shape index (κ2) is 8.44. The van der Waals surface area contributed by atoms with Crippen LogP contribution in [0.1, 0.15) is 31.7 Å². The van der Waals surface area contributed by atoms with Crippen LogP contribution in [0, 0.1) is 12.8 Å². The topological polar surface area (TPSA) is 103 Å². The Hall–Kier alpha value is -2.41. The van der Waals surface area contributed by atoms with Crippen LogP contribution in [0.4, 0.5) is 4.79 Å². The van der Waals surface area contributed by atoms with Crippen LogP contribution in [-0.4, -0.2) is 39.0 Å². The average Bonchev–Trinajstić information content (AvgIpc) is 2.98. The molecule has 0 spiro atoms. The van der Waals surface area contributed by atoms with E-state index in [0.29, 0.717) is 18.3 Å². The van der Waals surface area contributed by atoms with Crippen molar-refractivity contribution in [2.75, 3.05) is 6.61 Å². The molecule has 7 heteroatoms. The van der Waals surface area contributed by atoms with Crippen molar-refractivity contribution in [2.24, 2.45) is 5.92 Å². The minimum absolute atomic E-state index is 0.0642. The highest BCUT2D eigenvalue weighted by atomic mass is 16.3. The number of aliphatic hydroxyl groups is 1. The van der Waals surface area contributed by atoms with E-state index in [0.717, 1.165) is 23.4 Å². The van der Waals surface area contributed by atoms with Crippen LogP contribution in [0.3, 0.4) is 0 Å². The number of aromatic nitrogens is 3. The first-order chi connectivity index (χ1) is 11.5. The molecule has 1 unspecified atom stereocenters. The lowest BCUT2D eigenvalue weighted by Crippen LogP contribution is -2.44. The van der Waals surface area contributed by atoms with Crippen molar-refractivity contribution in [1.82, 2.24) is 25.8 Å². The van der Waals surface area contributed by atoms with Crippen molar-refractivity contribution < 1.29 is 9.90 Å². The first kappa shape index (κ1) is 17.9. The SMILES string of the molecule is Cc1nc(-c2cccc(CNC(=O)NC(CO)CC(C)C)c2)n[nH]1. The number of carbonyl (C=O) groups is 1. The number of nitrogens with zero attached hydrogens (tertiary/aromatic N) is 2. The van der Waals surface area contributed by atoms with Gasteiger partial charge in [0, 0.05) is 12.1 Å². The molecule has 0 fully saturated rings. The van der Waals surface area contributed by atoms with Gasteiger partial charge in [0.25, 0.3) is 0 Å². The normalized spacial score (nSPS) is 12.2. The number of urea groups is 1. The molecule has 2 amide bonds. The summed E-state index contributed by atoms with van der Waals surface area (Å²) in [6.07, 6.45) is 0.740. The van der Waals surface area contributed by atoms with E-state index in [2.05, 4.69) is 39.7 Å². The molecule has 0 aliphatic rings. The third-order valence-corrected chi connectivity index (χ3v) is 3.55. The first-order valence-corrected chi connectivity index (χ1v) is 8.11. The maximum absolute atomic E-state index is 12.0. The molecule has 2 aromatic rings. The van der Waals surface area contributed by atoms with E-state index in [1.165, 1.54) is 0 Å². The zero-order valence-corrected chi connectivity index (χ0v) is 14.3. The Kier molecular flexibility index (Phi) is 6.31. The van der Waals surface area contributed by atoms with E-state index in [9.17, 15) is 9.90 Å². The van der Waals surface area contributed by atoms with E-state index >= 15 is 0 Å². The average molecular weight is 331 g/mol. The molecule has 0 saturated carbocycles. The Balaban J connectivity index is 1.91. The van der Waals surface area contributed by atoms with Gasteiger partial charge in [-0.3, -0.25) is 5.10 Å². The van der Waals surface area contributed by atoms with Gasteiger partial charge >= 0.3 is 6.03 Å². The molecule has 2 rings (SSSR count). The second-order valence-electron chi connectivity index (χ2n) is 6.28. The molecule has 0 aliphatic carbocycles. The minimum Gasteiger partial charge on any atom is -0.394 e. The van der Waals surface area contributed by atoms with Crippen molar-refractivity contribution in [3.8, 4) is 11.4 Å². The van der Waals surface area contributed by atoms with Gasteiger partial charge in [-0.25, -0.2) is 9.78 Å². The van der Waals surface area contributed by atoms with Gasteiger partial charge in [-0.15, -0.1) is 0 Å². The van der Waals surface area contributed by atoms with Gasteiger partial charge in [0.05, 0.1) is 12.6 Å². The van der Waals surface area contributed by atoms with E-state index in [1.807, 2.05) is 31.2 Å². The number of aryl methyl sites for hydroxylation is 1. The molecular weight excluding hydrogens is 306 g/mol. The molecule has 0 saturated heterocycles. The monoisotopic (exact) mass is 331 g/mol. The van der Waals surface area contributed by atoms with E-state index in [1.54, 1.807) is 0 Å². The largest absolute Gasteiger partial charge is 0.394 e. The van der Waals surface area contributed by atoms with Crippen LogP contribution in [0.15, 0.2) is 24.3 Å². The number of H-pyrrole nitrogens is 1. The molecule has 0 aliphatic heterocycles. The van der Waals surface area contributed by atoms with Gasteiger partial charge in [0.1, 0.15) is 5.82 Å². The summed E-state index contributed by atoms with van der Waals surface area (Å²) in [6.45, 7) is 6.28. The quantitative estimate of drug-likeness (QED) is 0.623. The maximum atomic E-state index is 12.0. The van der Waals surface area contributed by atoms with Gasteiger partial charge in [-0.1, -0.05) is 32.0 Å². The number of rotatable bonds is 7. The number of aliphatic hydroxyl groups excluding tert-OH is 1. The summed E-state index contributed by atoms with van der Waals surface area (Å²) < 4.78 is 0. The minimum atomic E-state index is -0.283. The summed E-state index contributed by atoms with van der Waals surface area (Å²) in [4.78, 5) is 16.3. The lowest BCUT2D eigenvalue weighted by atomic mass is 10.0. The summed E-state index contributed by atoms with van der Waals surface area (Å²) in [5.74, 6) is 1.80. The highest BCUT2D eigenvalue weighted by Crippen LogP contribution is 2.16. The Morgan fingerprint density at radius 2 is 2.17 bits per heavy atom. The van der Waals surface area contributed by atoms with Gasteiger partial charge in [0.15, 0.2) is 5.82 Å². The summed E-state index contributed by atoms with van der Waals surface area (Å²) in [5.41, 5.74) is 1.85. The van der Waals surface area contributed by atoms with E-state index in [-0.39, 0.29) is 18.7 Å². The number of carbonyl (C=O) groups excluding carboxylic acids is 1. The second-order valence-corrected chi connectivity index (χ2v) is 6.28. The molecule has 1 heterocycles. The highest BCUT2D eigenvalue weighted by Gasteiger charge is 2.13. The fourth-order valence-electron chi connectivity index (χ4n) is 2.46. The highest BCUT2D eigenvalue weighted by molar-refractivity contribution is 5.74. The third kappa shape index (κ3) is 5.34. The zero-order chi connectivity index (χ0) is 17.5. The molecule has 7 nitrogen and oxygen atoms in total. The van der Waals surface area contributed by atoms with E-state index < -0.39 is 0 Å². The fraction of sp³-hybridized carbons (Fsp3) is 0.471. The summed E-state index contributed by atoms with van der Waals surface area (Å²) in [7, 11) is 0. The standard InChI is InChI=1S/C17H25N5O2/c1-11(2)7-15(10-23)20-17(24)18-9-13-5-4-6-14(8-13)16-19-12(3)21-22-16/h4-6,8,11,15,23H,7,9-10H2,1-3H3,(H2,18,20,24)(H,19,21,22). The summed E-state index contributed by atoms with van der Waals surface area (Å²) in [5, 5.41) is 21.9. The molecule has 1 aromatic carbocycles. The molecular formula is C17H25N5O2. The molecule has 1 aromatic heterocycles. The lowest BCUT2D eigenvalue weighted by Gasteiger charge is -2.18. The van der Waals surface area contributed by atoms with Crippen molar-refractivity contribution in [2.45, 2.75) is 39.8 Å². The predicted molar refractivity (Wildman–Crippen MR) is 92.3 cm³/mol. The first-order valence-electron chi connectivity index (χ1n) is 8.11. The molecule has 0 radical (unpaired) electrons. The molecule has 130 valence electrons. The van der Waals surface area contributed by atoms with Crippen LogP contribution >= 0.6 is 0 Å². The Morgan fingerprint density at radius 3 is 2.79 bits per heavy atom. The van der Waals surface area contributed by atoms with Gasteiger partial charge in [0.2, 0.25) is 0 Å². The van der Waals surface area contributed by atoms with Crippen molar-refractivity contribution in [3.05, 3.63) is 35.7 Å². The van der Waals surface area contributed by atoms with Crippen molar-refractivity contribution >= 4 is 6.03 Å². The number of amides is 2. The number of nitrogens with one attached hydrogen (secondary N) is 3. The predicted octanol–water partition coefficient (Wildman–Crippen LogP) is 1.99. The smallest absolute Gasteiger partial charge is 0.315 e. The van der Waals surface area contributed by atoms with E-state index in [4.69, 9.17) is 0 Å². The maximum Gasteiger partial charge on any atom is 0.315 e. The third-order valence-electron chi connectivity index (χ3n) is 3.55. The molecule has 0 bridgehead atoms. The summed E-state index contributed by atoms with van der Waals surface area (Å²) >= 11 is 0. The van der Waals surface area contributed by atoms with Crippen LogP contribution in [-0.2, 0) is 6.54 Å². The molecule has 24 heavy (non-hydrogen) atoms. The Morgan fingerprint density at radius 1 is 1.38 bits per heavy atom. The van der Waals surface area contributed by atoms with Gasteiger partial charge in [-0.05, 0) is 30.9 Å². The zero-order valence-electron chi connectivity index (χ0n) is 14.3. The lowest BCUT2D eigenvalue weighted by molar-refractivity contribution is 0.206.